The van der Waals surface area contributed by atoms with Crippen LogP contribution in [0.3, 0.4) is 0 Å². The van der Waals surface area contributed by atoms with Crippen molar-refractivity contribution in [2.24, 2.45) is 5.14 Å². The van der Waals surface area contributed by atoms with Crippen molar-refractivity contribution in [1.29, 1.82) is 0 Å². The Labute approximate surface area is 76.0 Å². The van der Waals surface area contributed by atoms with Crippen molar-refractivity contribution < 1.29 is 8.42 Å². The van der Waals surface area contributed by atoms with Crippen LogP contribution in [0.1, 0.15) is 0 Å². The molecule has 0 unspecified atom stereocenters. The maximum absolute atomic E-state index is 11.0. The summed E-state index contributed by atoms with van der Waals surface area (Å²) in [4.78, 5) is 0.127. The number of nitrogens with two attached hydrogens (primary N) is 1. The number of nitrogens with one attached hydrogen (secondary N) is 2. The van der Waals surface area contributed by atoms with E-state index in [9.17, 15) is 8.42 Å². The van der Waals surface area contributed by atoms with Gasteiger partial charge in [0.05, 0.1) is 22.9 Å². The van der Waals surface area contributed by atoms with Gasteiger partial charge in [-0.1, -0.05) is 0 Å². The molecule has 13 heavy (non-hydrogen) atoms. The first-order valence-electron chi connectivity index (χ1n) is 3.72. The second-order valence-electron chi connectivity index (χ2n) is 2.78. The third kappa shape index (κ3) is 1.45. The summed E-state index contributed by atoms with van der Waals surface area (Å²) < 4.78 is 21.9. The van der Waals surface area contributed by atoms with E-state index in [1.807, 2.05) is 0 Å². The molecule has 0 bridgehead atoms. The number of anilines is 2. The van der Waals surface area contributed by atoms with Crippen LogP contribution in [0.4, 0.5) is 11.4 Å². The van der Waals surface area contributed by atoms with Crippen molar-refractivity contribution >= 4 is 21.4 Å². The summed E-state index contributed by atoms with van der Waals surface area (Å²) in [6.07, 6.45) is 0. The van der Waals surface area contributed by atoms with Crippen LogP contribution in [0, 0.1) is 0 Å². The predicted molar refractivity (Wildman–Crippen MR) is 49.9 cm³/mol. The van der Waals surface area contributed by atoms with E-state index in [0.29, 0.717) is 6.67 Å². The largest absolute Gasteiger partial charge is 0.366 e. The van der Waals surface area contributed by atoms with Crippen molar-refractivity contribution in [2.75, 3.05) is 17.3 Å². The predicted octanol–water partition coefficient (Wildman–Crippen LogP) is 0.129. The zero-order valence-corrected chi connectivity index (χ0v) is 7.56. The van der Waals surface area contributed by atoms with Crippen molar-refractivity contribution in [3.05, 3.63) is 18.2 Å². The lowest BCUT2D eigenvalue weighted by molar-refractivity contribution is 0.598. The number of primary sulfonamides is 1. The topological polar surface area (TPSA) is 84.2 Å². The fourth-order valence-electron chi connectivity index (χ4n) is 1.24. The van der Waals surface area contributed by atoms with Gasteiger partial charge < -0.3 is 10.6 Å². The molecule has 0 aromatic heterocycles. The lowest BCUT2D eigenvalue weighted by Crippen LogP contribution is -2.11. The Kier molecular flexibility index (Phi) is 1.67. The highest BCUT2D eigenvalue weighted by molar-refractivity contribution is 7.89. The van der Waals surface area contributed by atoms with Crippen LogP contribution < -0.4 is 15.8 Å². The average molecular weight is 199 g/mol. The maximum atomic E-state index is 11.0. The number of rotatable bonds is 1. The van der Waals surface area contributed by atoms with E-state index in [4.69, 9.17) is 5.14 Å². The summed E-state index contributed by atoms with van der Waals surface area (Å²) >= 11 is 0. The quantitative estimate of drug-likeness (QED) is 0.600. The maximum Gasteiger partial charge on any atom is 0.238 e. The summed E-state index contributed by atoms with van der Waals surface area (Å²) in [6.45, 7) is 0.614. The van der Waals surface area contributed by atoms with Gasteiger partial charge in [0.25, 0.3) is 0 Å². The lowest BCUT2D eigenvalue weighted by atomic mass is 10.3. The molecule has 1 aliphatic rings. The molecule has 0 saturated carbocycles. The van der Waals surface area contributed by atoms with Gasteiger partial charge in [-0.15, -0.1) is 0 Å². The Morgan fingerprint density at radius 3 is 2.62 bits per heavy atom. The first-order valence-corrected chi connectivity index (χ1v) is 5.26. The van der Waals surface area contributed by atoms with E-state index < -0.39 is 10.0 Å². The van der Waals surface area contributed by atoms with E-state index in [2.05, 4.69) is 10.6 Å². The van der Waals surface area contributed by atoms with Gasteiger partial charge >= 0.3 is 0 Å². The van der Waals surface area contributed by atoms with E-state index in [1.165, 1.54) is 12.1 Å². The van der Waals surface area contributed by atoms with Crippen LogP contribution in [0.2, 0.25) is 0 Å². The Balaban J connectivity index is 2.54. The molecule has 70 valence electrons. The third-order valence-corrected chi connectivity index (χ3v) is 2.79. The Bertz CT molecular complexity index is 441. The van der Waals surface area contributed by atoms with Crippen LogP contribution >= 0.6 is 0 Å². The molecular weight excluding hydrogens is 190 g/mol. The van der Waals surface area contributed by atoms with Gasteiger partial charge in [0.2, 0.25) is 10.0 Å². The van der Waals surface area contributed by atoms with Crippen molar-refractivity contribution in [2.45, 2.75) is 4.90 Å². The van der Waals surface area contributed by atoms with Gasteiger partial charge in [-0.2, -0.15) is 0 Å². The molecule has 0 aliphatic carbocycles. The van der Waals surface area contributed by atoms with Gasteiger partial charge in [-0.3, -0.25) is 0 Å². The highest BCUT2D eigenvalue weighted by Gasteiger charge is 2.13. The summed E-state index contributed by atoms with van der Waals surface area (Å²) in [7, 11) is -3.59. The van der Waals surface area contributed by atoms with Gasteiger partial charge in [-0.25, -0.2) is 13.6 Å². The van der Waals surface area contributed by atoms with Gasteiger partial charge in [-0.05, 0) is 18.2 Å². The van der Waals surface area contributed by atoms with Crippen molar-refractivity contribution in [1.82, 2.24) is 0 Å². The number of sulfonamides is 1. The van der Waals surface area contributed by atoms with E-state index >= 15 is 0 Å². The normalized spacial score (nSPS) is 14.5. The Morgan fingerprint density at radius 2 is 1.92 bits per heavy atom. The molecule has 1 aliphatic heterocycles. The monoisotopic (exact) mass is 199 g/mol. The van der Waals surface area contributed by atoms with Crippen LogP contribution in [0.25, 0.3) is 0 Å². The smallest absolute Gasteiger partial charge is 0.238 e. The van der Waals surface area contributed by atoms with Crippen molar-refractivity contribution in [3.63, 3.8) is 0 Å². The molecule has 6 heteroatoms. The molecular formula is C7H9N3O2S. The summed E-state index contributed by atoms with van der Waals surface area (Å²) in [5.41, 5.74) is 1.67. The van der Waals surface area contributed by atoms with Crippen LogP contribution in [0.15, 0.2) is 23.1 Å². The van der Waals surface area contributed by atoms with Gasteiger partial charge in [0.15, 0.2) is 0 Å². The second kappa shape index (κ2) is 2.61. The van der Waals surface area contributed by atoms with E-state index in [1.54, 1.807) is 6.07 Å². The minimum absolute atomic E-state index is 0.127. The molecule has 5 nitrogen and oxygen atoms in total. The molecule has 4 N–H and O–H groups in total. The summed E-state index contributed by atoms with van der Waals surface area (Å²) in [5, 5.41) is 11.0. The number of hydrogen-bond acceptors (Lipinski definition) is 4. The average Bonchev–Trinajstić information content (AvgIpc) is 2.47. The zero-order valence-electron chi connectivity index (χ0n) is 6.74. The molecule has 1 aromatic carbocycles. The fraction of sp³-hybridized carbons (Fsp3) is 0.143. The first-order chi connectivity index (χ1) is 6.07. The Hall–Kier alpha value is -1.27. The van der Waals surface area contributed by atoms with Crippen molar-refractivity contribution in [3.8, 4) is 0 Å². The lowest BCUT2D eigenvalue weighted by Gasteiger charge is -2.01. The number of hydrogen-bond donors (Lipinski definition) is 3. The molecule has 0 fully saturated rings. The summed E-state index contributed by atoms with van der Waals surface area (Å²) in [5.74, 6) is 0. The Morgan fingerprint density at radius 1 is 1.23 bits per heavy atom. The molecule has 2 rings (SSSR count). The van der Waals surface area contributed by atoms with Gasteiger partial charge in [0.1, 0.15) is 0 Å². The standard InChI is InChI=1S/C7H9N3O2S/c8-13(11,12)5-1-2-6-7(3-5)10-4-9-6/h1-3,9-10H,4H2,(H2,8,11,12). The van der Waals surface area contributed by atoms with Crippen LogP contribution in [0.5, 0.6) is 0 Å². The first kappa shape index (κ1) is 8.33. The molecule has 0 spiro atoms. The molecule has 0 saturated heterocycles. The van der Waals surface area contributed by atoms with Crippen LogP contribution in [-0.2, 0) is 10.0 Å². The number of benzene rings is 1. The molecule has 1 aromatic rings. The molecule has 0 radical (unpaired) electrons. The number of fused-ring (bicyclic) bond motifs is 1. The van der Waals surface area contributed by atoms with Gasteiger partial charge in [0, 0.05) is 0 Å². The molecule has 0 amide bonds. The minimum atomic E-state index is -3.59. The van der Waals surface area contributed by atoms with E-state index in [-0.39, 0.29) is 4.90 Å². The summed E-state index contributed by atoms with van der Waals surface area (Å²) in [6, 6.07) is 4.69. The third-order valence-electron chi connectivity index (χ3n) is 1.88. The second-order valence-corrected chi connectivity index (χ2v) is 4.34. The minimum Gasteiger partial charge on any atom is -0.366 e. The highest BCUT2D eigenvalue weighted by Crippen LogP contribution is 2.27. The van der Waals surface area contributed by atoms with E-state index in [0.717, 1.165) is 11.4 Å². The highest BCUT2D eigenvalue weighted by atomic mass is 32.2. The molecule has 1 heterocycles. The fourth-order valence-corrected chi connectivity index (χ4v) is 1.78. The SMILES string of the molecule is NS(=O)(=O)c1ccc2c(c1)NCN2. The van der Waals surface area contributed by atoms with Crippen LogP contribution in [-0.4, -0.2) is 15.1 Å². The molecule has 0 atom stereocenters. The zero-order chi connectivity index (χ0) is 9.47.